The first-order chi connectivity index (χ1) is 7.49. The van der Waals surface area contributed by atoms with Crippen molar-refractivity contribution in [2.45, 2.75) is 25.4 Å². The Morgan fingerprint density at radius 1 is 1.81 bits per heavy atom. The van der Waals surface area contributed by atoms with E-state index in [1.54, 1.807) is 0 Å². The molecular formula is C10H15N3O3. The van der Waals surface area contributed by atoms with Crippen molar-refractivity contribution in [3.63, 3.8) is 0 Å². The molecule has 1 unspecified atom stereocenters. The minimum Gasteiger partial charge on any atom is -0.480 e. The summed E-state index contributed by atoms with van der Waals surface area (Å²) in [5.74, 6) is -0.183. The van der Waals surface area contributed by atoms with Crippen LogP contribution < -0.4 is 5.73 Å². The molecule has 0 radical (unpaired) electrons. The molecule has 0 amide bonds. The second kappa shape index (κ2) is 3.88. The third-order valence-electron chi connectivity index (χ3n) is 2.87. The lowest BCUT2D eigenvalue weighted by Crippen LogP contribution is -2.50. The van der Waals surface area contributed by atoms with Gasteiger partial charge in [-0.25, -0.2) is 0 Å². The number of aryl methyl sites for hydroxylation is 1. The van der Waals surface area contributed by atoms with E-state index in [0.29, 0.717) is 26.1 Å². The lowest BCUT2D eigenvalue weighted by molar-refractivity contribution is -0.142. The highest BCUT2D eigenvalue weighted by Gasteiger charge is 2.41. The molecular weight excluding hydrogens is 210 g/mol. The Kier molecular flexibility index (Phi) is 2.69. The largest absolute Gasteiger partial charge is 0.480 e. The molecule has 1 fully saturated rings. The summed E-state index contributed by atoms with van der Waals surface area (Å²) in [6.45, 7) is 3.44. The molecule has 0 aromatic carbocycles. The normalized spacial score (nSPS) is 26.1. The number of carbonyl (C=O) groups is 1. The Morgan fingerprint density at radius 3 is 3.06 bits per heavy atom. The molecule has 0 aliphatic carbocycles. The van der Waals surface area contributed by atoms with E-state index in [2.05, 4.69) is 5.16 Å². The fraction of sp³-hybridized carbons (Fsp3) is 0.600. The number of likely N-dealkylation sites (tertiary alicyclic amines) is 1. The Bertz CT molecular complexity index is 404. The second-order valence-electron chi connectivity index (χ2n) is 4.35. The maximum Gasteiger partial charge on any atom is 0.325 e. The third kappa shape index (κ3) is 2.07. The van der Waals surface area contributed by atoms with Crippen LogP contribution in [0.25, 0.3) is 0 Å². The summed E-state index contributed by atoms with van der Waals surface area (Å²) in [7, 11) is 0. The van der Waals surface area contributed by atoms with Gasteiger partial charge >= 0.3 is 5.97 Å². The van der Waals surface area contributed by atoms with Crippen molar-refractivity contribution in [3.8, 4) is 0 Å². The van der Waals surface area contributed by atoms with E-state index in [-0.39, 0.29) is 0 Å². The number of nitrogens with zero attached hydrogens (tertiary/aromatic N) is 2. The minimum atomic E-state index is -1.11. The molecule has 6 nitrogen and oxygen atoms in total. The van der Waals surface area contributed by atoms with Gasteiger partial charge in [0, 0.05) is 25.7 Å². The highest BCUT2D eigenvalue weighted by molar-refractivity contribution is 5.79. The van der Waals surface area contributed by atoms with Crippen LogP contribution in [0.2, 0.25) is 0 Å². The van der Waals surface area contributed by atoms with Crippen molar-refractivity contribution in [1.29, 1.82) is 0 Å². The van der Waals surface area contributed by atoms with Crippen molar-refractivity contribution < 1.29 is 14.4 Å². The number of nitrogens with two attached hydrogens (primary N) is 1. The number of hydrogen-bond acceptors (Lipinski definition) is 5. The second-order valence-corrected chi connectivity index (χ2v) is 4.35. The van der Waals surface area contributed by atoms with Crippen LogP contribution in [0.4, 0.5) is 0 Å². The van der Waals surface area contributed by atoms with Crippen LogP contribution >= 0.6 is 0 Å². The van der Waals surface area contributed by atoms with Gasteiger partial charge in [0.1, 0.15) is 11.3 Å². The molecule has 2 heterocycles. The molecule has 0 saturated carbocycles. The first-order valence-electron chi connectivity index (χ1n) is 5.16. The Labute approximate surface area is 93.0 Å². The predicted octanol–water partition coefficient (Wildman–Crippen LogP) is -0.0292. The maximum absolute atomic E-state index is 10.9. The van der Waals surface area contributed by atoms with Gasteiger partial charge in [-0.05, 0) is 13.3 Å². The summed E-state index contributed by atoms with van der Waals surface area (Å²) >= 11 is 0. The van der Waals surface area contributed by atoms with Crippen LogP contribution in [-0.4, -0.2) is 39.8 Å². The van der Waals surface area contributed by atoms with Gasteiger partial charge in [-0.1, -0.05) is 5.16 Å². The molecule has 1 aromatic heterocycles. The fourth-order valence-corrected chi connectivity index (χ4v) is 1.95. The van der Waals surface area contributed by atoms with E-state index in [1.165, 1.54) is 0 Å². The molecule has 3 N–H and O–H groups in total. The molecule has 1 aromatic rings. The molecule has 6 heteroatoms. The third-order valence-corrected chi connectivity index (χ3v) is 2.87. The van der Waals surface area contributed by atoms with Crippen molar-refractivity contribution in [2.75, 3.05) is 13.1 Å². The van der Waals surface area contributed by atoms with Crippen LogP contribution in [0.5, 0.6) is 0 Å². The Morgan fingerprint density at radius 2 is 2.56 bits per heavy atom. The number of aliphatic carboxylic acids is 1. The summed E-state index contributed by atoms with van der Waals surface area (Å²) in [5.41, 5.74) is 5.47. The number of carboxylic acids is 1. The monoisotopic (exact) mass is 225 g/mol. The molecule has 1 aliphatic rings. The smallest absolute Gasteiger partial charge is 0.325 e. The van der Waals surface area contributed by atoms with Gasteiger partial charge in [0.2, 0.25) is 0 Å². The minimum absolute atomic E-state index is 0.355. The molecule has 1 atom stereocenters. The zero-order valence-corrected chi connectivity index (χ0v) is 9.14. The molecule has 1 aliphatic heterocycles. The average Bonchev–Trinajstić information content (AvgIpc) is 2.75. The van der Waals surface area contributed by atoms with E-state index >= 15 is 0 Å². The lowest BCUT2D eigenvalue weighted by atomic mass is 10.0. The molecule has 16 heavy (non-hydrogen) atoms. The molecule has 0 spiro atoms. The number of carboxylic acid groups (broad SMARTS) is 1. The number of aromatic nitrogens is 1. The van der Waals surface area contributed by atoms with Crippen LogP contribution in [0, 0.1) is 6.92 Å². The lowest BCUT2D eigenvalue weighted by Gasteiger charge is -2.19. The fourth-order valence-electron chi connectivity index (χ4n) is 1.95. The topological polar surface area (TPSA) is 92.6 Å². The number of hydrogen-bond donors (Lipinski definition) is 2. The first kappa shape index (κ1) is 11.1. The summed E-state index contributed by atoms with van der Waals surface area (Å²) in [6, 6.07) is 1.84. The van der Waals surface area contributed by atoms with Gasteiger partial charge in [0.25, 0.3) is 0 Å². The summed E-state index contributed by atoms with van der Waals surface area (Å²) in [6.07, 6.45) is 0.471. The first-order valence-corrected chi connectivity index (χ1v) is 5.16. The Balaban J connectivity index is 1.97. The van der Waals surface area contributed by atoms with Crippen molar-refractivity contribution >= 4 is 5.97 Å². The number of rotatable bonds is 3. The van der Waals surface area contributed by atoms with Gasteiger partial charge in [0.05, 0.1) is 5.69 Å². The maximum atomic E-state index is 10.9. The standard InChI is InChI=1S/C10H15N3O3/c1-7-4-8(12-16-7)5-13-3-2-10(11,6-13)9(14)15/h4H,2-3,5-6,11H2,1H3,(H,14,15). The van der Waals surface area contributed by atoms with Crippen molar-refractivity contribution in [1.82, 2.24) is 10.1 Å². The van der Waals surface area contributed by atoms with Crippen molar-refractivity contribution in [2.24, 2.45) is 5.73 Å². The van der Waals surface area contributed by atoms with E-state index in [1.807, 2.05) is 17.9 Å². The van der Waals surface area contributed by atoms with Gasteiger partial charge in [0.15, 0.2) is 0 Å². The molecule has 2 rings (SSSR count). The van der Waals surface area contributed by atoms with Crippen LogP contribution in [-0.2, 0) is 11.3 Å². The van der Waals surface area contributed by atoms with Crippen molar-refractivity contribution in [3.05, 3.63) is 17.5 Å². The predicted molar refractivity (Wildman–Crippen MR) is 55.7 cm³/mol. The molecule has 0 bridgehead atoms. The van der Waals surface area contributed by atoms with Crippen LogP contribution in [0.15, 0.2) is 10.6 Å². The summed E-state index contributed by atoms with van der Waals surface area (Å²) < 4.78 is 4.95. The SMILES string of the molecule is Cc1cc(CN2CCC(N)(C(=O)O)C2)no1. The van der Waals surface area contributed by atoms with Crippen LogP contribution in [0.3, 0.4) is 0 Å². The van der Waals surface area contributed by atoms with E-state index in [4.69, 9.17) is 15.4 Å². The van der Waals surface area contributed by atoms with E-state index in [9.17, 15) is 4.79 Å². The average molecular weight is 225 g/mol. The summed E-state index contributed by atoms with van der Waals surface area (Å²) in [5, 5.41) is 12.8. The quantitative estimate of drug-likeness (QED) is 0.750. The zero-order valence-electron chi connectivity index (χ0n) is 9.14. The van der Waals surface area contributed by atoms with Gasteiger partial charge < -0.3 is 15.4 Å². The van der Waals surface area contributed by atoms with Gasteiger partial charge in [-0.15, -0.1) is 0 Å². The van der Waals surface area contributed by atoms with E-state index < -0.39 is 11.5 Å². The van der Waals surface area contributed by atoms with Gasteiger partial charge in [-0.3, -0.25) is 9.69 Å². The zero-order chi connectivity index (χ0) is 11.8. The highest BCUT2D eigenvalue weighted by atomic mass is 16.5. The van der Waals surface area contributed by atoms with Crippen LogP contribution in [0.1, 0.15) is 17.9 Å². The Hall–Kier alpha value is -1.40. The summed E-state index contributed by atoms with van der Waals surface area (Å²) in [4.78, 5) is 12.9. The van der Waals surface area contributed by atoms with Gasteiger partial charge in [-0.2, -0.15) is 0 Å². The highest BCUT2D eigenvalue weighted by Crippen LogP contribution is 2.20. The molecule has 88 valence electrons. The van der Waals surface area contributed by atoms with E-state index in [0.717, 1.165) is 11.5 Å². The molecule has 1 saturated heterocycles.